The van der Waals surface area contributed by atoms with Crippen LogP contribution in [0.4, 0.5) is 0 Å². The van der Waals surface area contributed by atoms with Gasteiger partial charge in [-0.15, -0.1) is 0 Å². The SMILES string of the molecule is O=C(C(O)c1cccc(Cl)c1)N1CCC2(CC1)OCCc1cn[nH]c12. The lowest BCUT2D eigenvalue weighted by Crippen LogP contribution is -2.49. The number of aliphatic hydroxyl groups is 1. The third-order valence-corrected chi connectivity index (χ3v) is 5.44. The number of fused-ring (bicyclic) bond motifs is 2. The van der Waals surface area contributed by atoms with Crippen LogP contribution in [-0.2, 0) is 21.6 Å². The Labute approximate surface area is 150 Å². The average molecular weight is 362 g/mol. The van der Waals surface area contributed by atoms with Crippen molar-refractivity contribution >= 4 is 17.5 Å². The lowest BCUT2D eigenvalue weighted by molar-refractivity contribution is -0.149. The van der Waals surface area contributed by atoms with Crippen molar-refractivity contribution in [2.24, 2.45) is 0 Å². The summed E-state index contributed by atoms with van der Waals surface area (Å²) in [4.78, 5) is 14.3. The first-order valence-corrected chi connectivity index (χ1v) is 8.86. The highest BCUT2D eigenvalue weighted by Crippen LogP contribution is 2.40. The summed E-state index contributed by atoms with van der Waals surface area (Å²) in [6.07, 6.45) is 2.92. The zero-order valence-corrected chi connectivity index (χ0v) is 14.5. The van der Waals surface area contributed by atoms with E-state index in [1.807, 2.05) is 6.20 Å². The minimum absolute atomic E-state index is 0.294. The fraction of sp³-hybridized carbons (Fsp3) is 0.444. The zero-order valence-electron chi connectivity index (χ0n) is 13.7. The van der Waals surface area contributed by atoms with Crippen LogP contribution in [0.15, 0.2) is 30.5 Å². The van der Waals surface area contributed by atoms with Gasteiger partial charge < -0.3 is 14.7 Å². The number of benzene rings is 1. The molecule has 2 aliphatic rings. The topological polar surface area (TPSA) is 78.4 Å². The molecule has 0 saturated carbocycles. The second kappa shape index (κ2) is 6.44. The van der Waals surface area contributed by atoms with Crippen molar-refractivity contribution in [1.82, 2.24) is 15.1 Å². The van der Waals surface area contributed by atoms with Crippen LogP contribution in [0.2, 0.25) is 5.02 Å². The van der Waals surface area contributed by atoms with Gasteiger partial charge >= 0.3 is 0 Å². The van der Waals surface area contributed by atoms with Gasteiger partial charge in [0.05, 0.1) is 18.5 Å². The molecule has 2 N–H and O–H groups in total. The number of ether oxygens (including phenoxy) is 1. The number of hydrogen-bond donors (Lipinski definition) is 2. The largest absolute Gasteiger partial charge is 0.378 e. The summed E-state index contributed by atoms with van der Waals surface area (Å²) in [7, 11) is 0. The molecule has 132 valence electrons. The normalized spacial score (nSPS) is 20.3. The van der Waals surface area contributed by atoms with Crippen molar-refractivity contribution in [3.8, 4) is 0 Å². The van der Waals surface area contributed by atoms with Gasteiger partial charge in [-0.25, -0.2) is 0 Å². The van der Waals surface area contributed by atoms with Crippen LogP contribution >= 0.6 is 11.6 Å². The van der Waals surface area contributed by atoms with Gasteiger partial charge in [-0.2, -0.15) is 5.10 Å². The average Bonchev–Trinajstić information content (AvgIpc) is 3.12. The number of halogens is 1. The molecule has 1 spiro atoms. The maximum Gasteiger partial charge on any atom is 0.256 e. The summed E-state index contributed by atoms with van der Waals surface area (Å²) in [5.41, 5.74) is 2.37. The number of likely N-dealkylation sites (tertiary alicyclic amines) is 1. The minimum Gasteiger partial charge on any atom is -0.378 e. The fourth-order valence-corrected chi connectivity index (χ4v) is 4.00. The number of amides is 1. The number of nitrogens with zero attached hydrogens (tertiary/aromatic N) is 2. The van der Waals surface area contributed by atoms with Gasteiger partial charge in [-0.05, 0) is 42.5 Å². The molecule has 4 rings (SSSR count). The first-order chi connectivity index (χ1) is 12.1. The number of aliphatic hydroxyl groups excluding tert-OH is 1. The summed E-state index contributed by atoms with van der Waals surface area (Å²) in [5, 5.41) is 18.1. The molecular formula is C18H20ClN3O3. The number of rotatable bonds is 2. The highest BCUT2D eigenvalue weighted by molar-refractivity contribution is 6.30. The van der Waals surface area contributed by atoms with E-state index in [9.17, 15) is 9.90 Å². The van der Waals surface area contributed by atoms with Gasteiger partial charge in [0.15, 0.2) is 6.10 Å². The van der Waals surface area contributed by atoms with Crippen molar-refractivity contribution < 1.29 is 14.6 Å². The maximum absolute atomic E-state index is 12.6. The molecule has 1 saturated heterocycles. The Bertz CT molecular complexity index is 783. The van der Waals surface area contributed by atoms with Crippen LogP contribution in [0.1, 0.15) is 35.8 Å². The molecule has 1 amide bonds. The van der Waals surface area contributed by atoms with Crippen molar-refractivity contribution in [3.05, 3.63) is 52.3 Å². The Morgan fingerprint density at radius 3 is 2.96 bits per heavy atom. The van der Waals surface area contributed by atoms with E-state index in [4.69, 9.17) is 16.3 Å². The molecule has 7 heteroatoms. The number of hydrogen-bond acceptors (Lipinski definition) is 4. The number of H-pyrrole nitrogens is 1. The molecule has 1 atom stereocenters. The van der Waals surface area contributed by atoms with E-state index in [0.717, 1.165) is 12.1 Å². The number of aromatic nitrogens is 2. The fourth-order valence-electron chi connectivity index (χ4n) is 3.80. The number of carbonyl (C=O) groups excluding carboxylic acids is 1. The maximum atomic E-state index is 12.6. The van der Waals surface area contributed by atoms with Crippen molar-refractivity contribution in [3.63, 3.8) is 0 Å². The predicted molar refractivity (Wildman–Crippen MR) is 92.1 cm³/mol. The third kappa shape index (κ3) is 2.94. The monoisotopic (exact) mass is 361 g/mol. The van der Waals surface area contributed by atoms with Crippen LogP contribution in [0.5, 0.6) is 0 Å². The molecule has 1 fully saturated rings. The number of nitrogens with one attached hydrogen (secondary N) is 1. The smallest absolute Gasteiger partial charge is 0.256 e. The number of piperidine rings is 1. The van der Waals surface area contributed by atoms with Gasteiger partial charge in [0.2, 0.25) is 0 Å². The second-order valence-corrected chi connectivity index (χ2v) is 7.08. The predicted octanol–water partition coefficient (Wildman–Crippen LogP) is 2.19. The molecular weight excluding hydrogens is 342 g/mol. The number of carbonyl (C=O) groups is 1. The van der Waals surface area contributed by atoms with E-state index in [1.165, 1.54) is 5.56 Å². The molecule has 6 nitrogen and oxygen atoms in total. The Kier molecular flexibility index (Phi) is 4.27. The lowest BCUT2D eigenvalue weighted by atomic mass is 9.83. The molecule has 2 aliphatic heterocycles. The van der Waals surface area contributed by atoms with Crippen molar-refractivity contribution in [2.75, 3.05) is 19.7 Å². The molecule has 1 aromatic heterocycles. The van der Waals surface area contributed by atoms with Gasteiger partial charge in [0.1, 0.15) is 5.60 Å². The van der Waals surface area contributed by atoms with Gasteiger partial charge in [-0.3, -0.25) is 9.89 Å². The Morgan fingerprint density at radius 2 is 2.20 bits per heavy atom. The van der Waals surface area contributed by atoms with Crippen molar-refractivity contribution in [2.45, 2.75) is 31.0 Å². The Hall–Kier alpha value is -1.89. The van der Waals surface area contributed by atoms with Crippen LogP contribution in [0.3, 0.4) is 0 Å². The van der Waals surface area contributed by atoms with E-state index in [-0.39, 0.29) is 11.5 Å². The molecule has 3 heterocycles. The quantitative estimate of drug-likeness (QED) is 0.859. The summed E-state index contributed by atoms with van der Waals surface area (Å²) in [6, 6.07) is 6.78. The van der Waals surface area contributed by atoms with Gasteiger partial charge in [-0.1, -0.05) is 23.7 Å². The Morgan fingerprint density at radius 1 is 1.40 bits per heavy atom. The van der Waals surface area contributed by atoms with E-state index in [2.05, 4.69) is 10.2 Å². The third-order valence-electron chi connectivity index (χ3n) is 5.20. The summed E-state index contributed by atoms with van der Waals surface area (Å²) < 4.78 is 6.09. The zero-order chi connectivity index (χ0) is 17.4. The van der Waals surface area contributed by atoms with Crippen LogP contribution in [-0.4, -0.2) is 45.8 Å². The van der Waals surface area contributed by atoms with Crippen molar-refractivity contribution in [1.29, 1.82) is 0 Å². The lowest BCUT2D eigenvalue weighted by Gasteiger charge is -2.43. The van der Waals surface area contributed by atoms with Crippen LogP contribution in [0.25, 0.3) is 0 Å². The molecule has 0 bridgehead atoms. The first kappa shape index (κ1) is 16.6. The van der Waals surface area contributed by atoms with E-state index < -0.39 is 6.10 Å². The highest BCUT2D eigenvalue weighted by atomic mass is 35.5. The minimum atomic E-state index is -1.19. The molecule has 25 heavy (non-hydrogen) atoms. The molecule has 2 aromatic rings. The molecule has 1 aromatic carbocycles. The van der Waals surface area contributed by atoms with Gasteiger partial charge in [0.25, 0.3) is 5.91 Å². The van der Waals surface area contributed by atoms with E-state index in [0.29, 0.717) is 43.1 Å². The van der Waals surface area contributed by atoms with Crippen LogP contribution < -0.4 is 0 Å². The molecule has 0 radical (unpaired) electrons. The molecule has 0 aliphatic carbocycles. The molecule has 1 unspecified atom stereocenters. The summed E-state index contributed by atoms with van der Waals surface area (Å²) in [5.74, 6) is -0.294. The Balaban J connectivity index is 1.47. The van der Waals surface area contributed by atoms with E-state index >= 15 is 0 Å². The summed E-state index contributed by atoms with van der Waals surface area (Å²) >= 11 is 5.95. The summed E-state index contributed by atoms with van der Waals surface area (Å²) in [6.45, 7) is 1.75. The first-order valence-electron chi connectivity index (χ1n) is 8.48. The standard InChI is InChI=1S/C18H20ClN3O3/c19-14-3-1-2-12(10-14)15(23)17(24)22-7-5-18(6-8-22)16-13(4-9-25-18)11-20-21-16/h1-3,10-11,15,23H,4-9H2,(H,20,21). The van der Waals surface area contributed by atoms with Crippen LogP contribution in [0, 0.1) is 0 Å². The van der Waals surface area contributed by atoms with Gasteiger partial charge in [0, 0.05) is 18.1 Å². The second-order valence-electron chi connectivity index (χ2n) is 6.65. The highest BCUT2D eigenvalue weighted by Gasteiger charge is 2.43. The number of aromatic amines is 1. The van der Waals surface area contributed by atoms with E-state index in [1.54, 1.807) is 29.2 Å².